The maximum Gasteiger partial charge on any atom is 0.308 e. The Balaban J connectivity index is 1.47. The van der Waals surface area contributed by atoms with Crippen molar-refractivity contribution in [3.05, 3.63) is 72.6 Å². The molecule has 1 aromatic heterocycles. The van der Waals surface area contributed by atoms with Crippen molar-refractivity contribution in [3.63, 3.8) is 0 Å². The number of anilines is 3. The first-order chi connectivity index (χ1) is 16.5. The minimum Gasteiger partial charge on any atom is -0.493 e. The molecule has 1 heterocycles. The number of fused-ring (bicyclic) bond motifs is 1. The minimum absolute atomic E-state index is 0.280. The highest BCUT2D eigenvalue weighted by Gasteiger charge is 2.12. The Hall–Kier alpha value is -4.66. The van der Waals surface area contributed by atoms with Crippen molar-refractivity contribution < 1.29 is 23.8 Å². The summed E-state index contributed by atoms with van der Waals surface area (Å²) in [6.07, 6.45) is 1.47. The lowest BCUT2D eigenvalue weighted by molar-refractivity contribution is -0.131. The maximum absolute atomic E-state index is 12.5. The van der Waals surface area contributed by atoms with Gasteiger partial charge in [-0.15, -0.1) is 0 Å². The van der Waals surface area contributed by atoms with Crippen LogP contribution in [0.3, 0.4) is 0 Å². The minimum atomic E-state index is -0.417. The van der Waals surface area contributed by atoms with Gasteiger partial charge in [0.25, 0.3) is 5.91 Å². The summed E-state index contributed by atoms with van der Waals surface area (Å²) in [5, 5.41) is 6.88. The number of ether oxygens (including phenoxy) is 3. The molecule has 0 radical (unpaired) electrons. The van der Waals surface area contributed by atoms with E-state index in [1.165, 1.54) is 13.3 Å². The number of nitrogens with one attached hydrogen (secondary N) is 2. The third-order valence-corrected chi connectivity index (χ3v) is 4.92. The van der Waals surface area contributed by atoms with Crippen LogP contribution in [0.2, 0.25) is 0 Å². The zero-order valence-electron chi connectivity index (χ0n) is 18.8. The zero-order valence-corrected chi connectivity index (χ0v) is 18.8. The summed E-state index contributed by atoms with van der Waals surface area (Å²) in [4.78, 5) is 32.2. The first-order valence-electron chi connectivity index (χ1n) is 10.3. The normalized spacial score (nSPS) is 10.4. The molecule has 34 heavy (non-hydrogen) atoms. The second-order valence-electron chi connectivity index (χ2n) is 7.22. The number of esters is 1. The van der Waals surface area contributed by atoms with E-state index >= 15 is 0 Å². The van der Waals surface area contributed by atoms with Gasteiger partial charge in [-0.3, -0.25) is 9.59 Å². The SMILES string of the molecule is COc1cc2ncnc(Nc3ccc(NC(=O)c4ccc(OC(C)=O)cc4)cc3)c2cc1OC. The van der Waals surface area contributed by atoms with E-state index in [1.807, 2.05) is 18.2 Å². The van der Waals surface area contributed by atoms with Gasteiger partial charge < -0.3 is 24.8 Å². The molecule has 0 aliphatic heterocycles. The topological polar surface area (TPSA) is 112 Å². The summed E-state index contributed by atoms with van der Waals surface area (Å²) in [6.45, 7) is 1.32. The summed E-state index contributed by atoms with van der Waals surface area (Å²) < 4.78 is 15.7. The van der Waals surface area contributed by atoms with E-state index < -0.39 is 5.97 Å². The fourth-order valence-corrected chi connectivity index (χ4v) is 3.30. The number of nitrogens with zero attached hydrogens (tertiary/aromatic N) is 2. The van der Waals surface area contributed by atoms with Gasteiger partial charge >= 0.3 is 5.97 Å². The van der Waals surface area contributed by atoms with Crippen molar-refractivity contribution in [1.82, 2.24) is 9.97 Å². The molecule has 172 valence electrons. The zero-order chi connectivity index (χ0) is 24.1. The van der Waals surface area contributed by atoms with Gasteiger partial charge in [-0.25, -0.2) is 9.97 Å². The van der Waals surface area contributed by atoms with Crippen LogP contribution in [-0.4, -0.2) is 36.1 Å². The van der Waals surface area contributed by atoms with Gasteiger partial charge in [0.2, 0.25) is 0 Å². The number of aromatic nitrogens is 2. The van der Waals surface area contributed by atoms with Gasteiger partial charge in [-0.2, -0.15) is 0 Å². The van der Waals surface area contributed by atoms with Gasteiger partial charge in [0.05, 0.1) is 19.7 Å². The lowest BCUT2D eigenvalue weighted by Gasteiger charge is -2.12. The van der Waals surface area contributed by atoms with Crippen molar-refractivity contribution in [2.45, 2.75) is 6.92 Å². The fraction of sp³-hybridized carbons (Fsp3) is 0.120. The van der Waals surface area contributed by atoms with Crippen LogP contribution >= 0.6 is 0 Å². The molecule has 0 unspecified atom stereocenters. The lowest BCUT2D eigenvalue weighted by atomic mass is 10.2. The highest BCUT2D eigenvalue weighted by atomic mass is 16.5. The van der Waals surface area contributed by atoms with Crippen LogP contribution in [0, 0.1) is 0 Å². The largest absolute Gasteiger partial charge is 0.493 e. The number of benzene rings is 3. The molecule has 4 aromatic rings. The predicted molar refractivity (Wildman–Crippen MR) is 128 cm³/mol. The molecule has 0 saturated carbocycles. The molecule has 0 saturated heterocycles. The average Bonchev–Trinajstić information content (AvgIpc) is 2.84. The van der Waals surface area contributed by atoms with Gasteiger partial charge in [0.15, 0.2) is 11.5 Å². The van der Waals surface area contributed by atoms with E-state index in [-0.39, 0.29) is 5.91 Å². The number of carbonyl (C=O) groups is 2. The first-order valence-corrected chi connectivity index (χ1v) is 10.3. The molecule has 0 spiro atoms. The predicted octanol–water partition coefficient (Wildman–Crippen LogP) is 4.57. The molecule has 0 bridgehead atoms. The number of hydrogen-bond donors (Lipinski definition) is 2. The summed E-state index contributed by atoms with van der Waals surface area (Å²) in [6, 6.07) is 17.1. The molecule has 9 nitrogen and oxygen atoms in total. The van der Waals surface area contributed by atoms with Gasteiger partial charge in [-0.1, -0.05) is 0 Å². The number of carbonyl (C=O) groups excluding carboxylic acids is 2. The second kappa shape index (κ2) is 9.86. The first kappa shape index (κ1) is 22.5. The fourth-order valence-electron chi connectivity index (χ4n) is 3.30. The van der Waals surface area contributed by atoms with Crippen molar-refractivity contribution >= 4 is 40.0 Å². The molecule has 0 fully saturated rings. The second-order valence-corrected chi connectivity index (χ2v) is 7.22. The highest BCUT2D eigenvalue weighted by molar-refractivity contribution is 6.04. The van der Waals surface area contributed by atoms with Crippen molar-refractivity contribution in [2.24, 2.45) is 0 Å². The quantitative estimate of drug-likeness (QED) is 0.306. The van der Waals surface area contributed by atoms with Crippen LogP contribution in [0.5, 0.6) is 17.2 Å². The average molecular weight is 458 g/mol. The number of amides is 1. The van der Waals surface area contributed by atoms with E-state index in [2.05, 4.69) is 20.6 Å². The van der Waals surface area contributed by atoms with E-state index in [0.717, 1.165) is 11.1 Å². The maximum atomic E-state index is 12.5. The van der Waals surface area contributed by atoms with Crippen molar-refractivity contribution in [2.75, 3.05) is 24.9 Å². The molecule has 0 aliphatic rings. The molecule has 1 amide bonds. The molecular weight excluding hydrogens is 436 g/mol. The molecule has 0 aliphatic carbocycles. The summed E-state index contributed by atoms with van der Waals surface area (Å²) in [7, 11) is 3.14. The molecule has 3 aromatic carbocycles. The van der Waals surface area contributed by atoms with E-state index in [9.17, 15) is 9.59 Å². The summed E-state index contributed by atoms with van der Waals surface area (Å²) in [5.74, 6) is 1.45. The van der Waals surface area contributed by atoms with Crippen LogP contribution in [0.25, 0.3) is 10.9 Å². The highest BCUT2D eigenvalue weighted by Crippen LogP contribution is 2.34. The Kier molecular flexibility index (Phi) is 6.54. The van der Waals surface area contributed by atoms with Crippen LogP contribution in [-0.2, 0) is 4.79 Å². The Morgan fingerprint density at radius 1 is 0.824 bits per heavy atom. The number of rotatable bonds is 7. The van der Waals surface area contributed by atoms with Crippen molar-refractivity contribution in [1.29, 1.82) is 0 Å². The lowest BCUT2D eigenvalue weighted by Crippen LogP contribution is -2.12. The smallest absolute Gasteiger partial charge is 0.308 e. The van der Waals surface area contributed by atoms with Crippen LogP contribution < -0.4 is 24.8 Å². The molecule has 4 rings (SSSR count). The third kappa shape index (κ3) is 5.04. The van der Waals surface area contributed by atoms with Gasteiger partial charge in [0.1, 0.15) is 17.9 Å². The number of methoxy groups -OCH3 is 2. The Bertz CT molecular complexity index is 1340. The van der Waals surface area contributed by atoms with Crippen LogP contribution in [0.1, 0.15) is 17.3 Å². The van der Waals surface area contributed by atoms with Gasteiger partial charge in [-0.05, 0) is 54.6 Å². The Morgan fingerprint density at radius 2 is 1.47 bits per heavy atom. The Labute approximate surface area is 195 Å². The molecule has 2 N–H and O–H groups in total. The van der Waals surface area contributed by atoms with Gasteiger partial charge in [0, 0.05) is 35.3 Å². The van der Waals surface area contributed by atoms with E-state index in [0.29, 0.717) is 39.8 Å². The summed E-state index contributed by atoms with van der Waals surface area (Å²) in [5.41, 5.74) is 2.55. The molecule has 9 heteroatoms. The molecule has 0 atom stereocenters. The third-order valence-electron chi connectivity index (χ3n) is 4.92. The summed E-state index contributed by atoms with van der Waals surface area (Å²) >= 11 is 0. The Morgan fingerprint density at radius 3 is 2.12 bits per heavy atom. The molecular formula is C25H22N4O5. The standard InChI is InChI=1S/C25H22N4O5/c1-15(30)34-19-10-4-16(5-11-19)25(31)29-18-8-6-17(7-9-18)28-24-20-12-22(32-2)23(33-3)13-21(20)26-14-27-24/h4-14H,1-3H3,(H,29,31)(H,26,27,28). The number of hydrogen-bond acceptors (Lipinski definition) is 8. The van der Waals surface area contributed by atoms with Crippen LogP contribution in [0.15, 0.2) is 67.0 Å². The van der Waals surface area contributed by atoms with Crippen molar-refractivity contribution in [3.8, 4) is 17.2 Å². The monoisotopic (exact) mass is 458 g/mol. The van der Waals surface area contributed by atoms with E-state index in [4.69, 9.17) is 14.2 Å². The van der Waals surface area contributed by atoms with E-state index in [1.54, 1.807) is 56.7 Å². The van der Waals surface area contributed by atoms with Crippen LogP contribution in [0.4, 0.5) is 17.2 Å².